The van der Waals surface area contributed by atoms with Gasteiger partial charge in [0.25, 0.3) is 0 Å². The number of aliphatic hydroxyl groups is 1. The minimum absolute atomic E-state index is 0.000182. The van der Waals surface area contributed by atoms with E-state index in [-0.39, 0.29) is 17.7 Å². The monoisotopic (exact) mass is 344 g/mol. The number of halogens is 2. The molecule has 1 aromatic carbocycles. The van der Waals surface area contributed by atoms with Crippen LogP contribution in [0.2, 0.25) is 5.02 Å². The van der Waals surface area contributed by atoms with E-state index in [1.807, 2.05) is 6.92 Å². The molecule has 2 unspecified atom stereocenters. The number of carbonyl (C=O) groups excluding carboxylic acids is 1. The molecule has 0 spiro atoms. The summed E-state index contributed by atoms with van der Waals surface area (Å²) in [6.45, 7) is 3.04. The zero-order valence-corrected chi connectivity index (χ0v) is 13.8. The number of hydrogen-bond donors (Lipinski definition) is 3. The predicted octanol–water partition coefficient (Wildman–Crippen LogP) is 2.63. The van der Waals surface area contributed by atoms with Crippen LogP contribution in [0.1, 0.15) is 31.4 Å². The van der Waals surface area contributed by atoms with E-state index in [0.29, 0.717) is 24.7 Å². The fraction of sp³-hybridized carbons (Fsp3) is 0.562. The maximum atomic E-state index is 13.5. The van der Waals surface area contributed by atoms with Crippen LogP contribution >= 0.6 is 11.6 Å². The van der Waals surface area contributed by atoms with Gasteiger partial charge in [-0.15, -0.1) is 0 Å². The van der Waals surface area contributed by atoms with Crippen LogP contribution in [0.15, 0.2) is 18.2 Å². The average molecular weight is 345 g/mol. The number of hydrogen-bond acceptors (Lipinski definition) is 3. The average Bonchev–Trinajstić information content (AvgIpc) is 2.56. The van der Waals surface area contributed by atoms with E-state index in [4.69, 9.17) is 16.3 Å². The maximum Gasteiger partial charge on any atom is 0.315 e. The van der Waals surface area contributed by atoms with Crippen molar-refractivity contribution in [2.24, 2.45) is 5.92 Å². The van der Waals surface area contributed by atoms with Crippen LogP contribution in [0, 0.1) is 11.7 Å². The Hall–Kier alpha value is -1.37. The Labute approximate surface area is 140 Å². The SMILES string of the molecule is CC(NC(=O)NC(CO)c1ccc(Cl)c(F)c1)C1CCOCC1. The van der Waals surface area contributed by atoms with E-state index >= 15 is 0 Å². The number of urea groups is 1. The van der Waals surface area contributed by atoms with Gasteiger partial charge in [0.1, 0.15) is 5.82 Å². The Morgan fingerprint density at radius 3 is 2.74 bits per heavy atom. The molecule has 1 aromatic rings. The molecule has 0 aromatic heterocycles. The molecule has 0 bridgehead atoms. The largest absolute Gasteiger partial charge is 0.394 e. The molecule has 3 N–H and O–H groups in total. The van der Waals surface area contributed by atoms with E-state index in [2.05, 4.69) is 10.6 Å². The second-order valence-electron chi connectivity index (χ2n) is 5.76. The second-order valence-corrected chi connectivity index (χ2v) is 6.17. The normalized spacial score (nSPS) is 18.3. The van der Waals surface area contributed by atoms with Crippen molar-refractivity contribution < 1.29 is 19.0 Å². The zero-order valence-electron chi connectivity index (χ0n) is 13.0. The smallest absolute Gasteiger partial charge is 0.315 e. The number of rotatable bonds is 5. The molecular formula is C16H22ClFN2O3. The molecule has 2 amide bonds. The molecule has 5 nitrogen and oxygen atoms in total. The van der Waals surface area contributed by atoms with Gasteiger partial charge in [-0.1, -0.05) is 17.7 Å². The number of nitrogens with one attached hydrogen (secondary N) is 2. The van der Waals surface area contributed by atoms with Crippen molar-refractivity contribution in [2.45, 2.75) is 31.8 Å². The number of aliphatic hydroxyl groups excluding tert-OH is 1. The first-order valence-electron chi connectivity index (χ1n) is 7.72. The fourth-order valence-electron chi connectivity index (χ4n) is 2.70. The lowest BCUT2D eigenvalue weighted by molar-refractivity contribution is 0.0570. The van der Waals surface area contributed by atoms with E-state index < -0.39 is 17.9 Å². The zero-order chi connectivity index (χ0) is 16.8. The molecular weight excluding hydrogens is 323 g/mol. The van der Waals surface area contributed by atoms with Crippen molar-refractivity contribution >= 4 is 17.6 Å². The summed E-state index contributed by atoms with van der Waals surface area (Å²) in [7, 11) is 0. The van der Waals surface area contributed by atoms with Crippen LogP contribution in [-0.4, -0.2) is 37.0 Å². The van der Waals surface area contributed by atoms with Crippen LogP contribution in [0.4, 0.5) is 9.18 Å². The molecule has 1 saturated heterocycles. The molecule has 0 radical (unpaired) electrons. The second kappa shape index (κ2) is 8.47. The number of amides is 2. The standard InChI is InChI=1S/C16H22ClFN2O3/c1-10(11-4-6-23-7-5-11)19-16(22)20-15(9-21)12-2-3-13(17)14(18)8-12/h2-3,8,10-11,15,21H,4-7,9H2,1H3,(H2,19,20,22). The van der Waals surface area contributed by atoms with Crippen molar-refractivity contribution in [2.75, 3.05) is 19.8 Å². The lowest BCUT2D eigenvalue weighted by Gasteiger charge is -2.29. The Balaban J connectivity index is 1.92. The molecule has 2 rings (SSSR count). The van der Waals surface area contributed by atoms with Gasteiger partial charge in [0, 0.05) is 19.3 Å². The summed E-state index contributed by atoms with van der Waals surface area (Å²) in [4.78, 5) is 12.1. The van der Waals surface area contributed by atoms with Crippen LogP contribution in [0.3, 0.4) is 0 Å². The molecule has 128 valence electrons. The van der Waals surface area contributed by atoms with Gasteiger partial charge >= 0.3 is 6.03 Å². The molecule has 23 heavy (non-hydrogen) atoms. The van der Waals surface area contributed by atoms with E-state index in [1.54, 1.807) is 6.07 Å². The lowest BCUT2D eigenvalue weighted by atomic mass is 9.93. The van der Waals surface area contributed by atoms with E-state index in [0.717, 1.165) is 12.8 Å². The van der Waals surface area contributed by atoms with E-state index in [9.17, 15) is 14.3 Å². The highest BCUT2D eigenvalue weighted by molar-refractivity contribution is 6.30. The summed E-state index contributed by atoms with van der Waals surface area (Å²) in [6.07, 6.45) is 1.82. The van der Waals surface area contributed by atoms with Gasteiger partial charge in [0.05, 0.1) is 17.7 Å². The topological polar surface area (TPSA) is 70.6 Å². The van der Waals surface area contributed by atoms with Crippen molar-refractivity contribution in [3.63, 3.8) is 0 Å². The number of ether oxygens (including phenoxy) is 1. The first-order valence-corrected chi connectivity index (χ1v) is 8.09. The summed E-state index contributed by atoms with van der Waals surface area (Å²) in [5.41, 5.74) is 0.461. The molecule has 0 saturated carbocycles. The van der Waals surface area contributed by atoms with Crippen molar-refractivity contribution in [3.8, 4) is 0 Å². The quantitative estimate of drug-likeness (QED) is 0.769. The summed E-state index contributed by atoms with van der Waals surface area (Å²) in [6, 6.07) is 3.11. The van der Waals surface area contributed by atoms with Gasteiger partial charge < -0.3 is 20.5 Å². The Bertz CT molecular complexity index is 538. The molecule has 0 aliphatic carbocycles. The lowest BCUT2D eigenvalue weighted by Crippen LogP contribution is -2.46. The van der Waals surface area contributed by atoms with Crippen LogP contribution in [-0.2, 0) is 4.74 Å². The minimum Gasteiger partial charge on any atom is -0.394 e. The van der Waals surface area contributed by atoms with Gasteiger partial charge in [-0.3, -0.25) is 0 Å². The number of carbonyl (C=O) groups is 1. The summed E-state index contributed by atoms with van der Waals surface area (Å²) < 4.78 is 18.8. The minimum atomic E-state index is -0.691. The first-order chi connectivity index (χ1) is 11.0. The van der Waals surface area contributed by atoms with Crippen LogP contribution in [0.25, 0.3) is 0 Å². The van der Waals surface area contributed by atoms with Gasteiger partial charge in [-0.25, -0.2) is 9.18 Å². The number of benzene rings is 1. The molecule has 1 heterocycles. The summed E-state index contributed by atoms with van der Waals surface area (Å²) >= 11 is 5.64. The van der Waals surface area contributed by atoms with Gasteiger partial charge in [-0.2, -0.15) is 0 Å². The van der Waals surface area contributed by atoms with Gasteiger partial charge in [-0.05, 0) is 43.4 Å². The third kappa shape index (κ3) is 5.06. The maximum absolute atomic E-state index is 13.5. The Morgan fingerprint density at radius 2 is 2.13 bits per heavy atom. The molecule has 1 aliphatic rings. The van der Waals surface area contributed by atoms with Crippen LogP contribution < -0.4 is 10.6 Å². The predicted molar refractivity (Wildman–Crippen MR) is 85.9 cm³/mol. The molecule has 1 fully saturated rings. The Morgan fingerprint density at radius 1 is 1.43 bits per heavy atom. The highest BCUT2D eigenvalue weighted by atomic mass is 35.5. The Kier molecular flexibility index (Phi) is 6.62. The van der Waals surface area contributed by atoms with Gasteiger partial charge in [0.15, 0.2) is 0 Å². The fourth-order valence-corrected chi connectivity index (χ4v) is 2.82. The highest BCUT2D eigenvalue weighted by Gasteiger charge is 2.23. The van der Waals surface area contributed by atoms with Gasteiger partial charge in [0.2, 0.25) is 0 Å². The molecule has 2 atom stereocenters. The van der Waals surface area contributed by atoms with Crippen molar-refractivity contribution in [3.05, 3.63) is 34.6 Å². The van der Waals surface area contributed by atoms with Crippen molar-refractivity contribution in [1.29, 1.82) is 0 Å². The van der Waals surface area contributed by atoms with Crippen LogP contribution in [0.5, 0.6) is 0 Å². The van der Waals surface area contributed by atoms with Crippen molar-refractivity contribution in [1.82, 2.24) is 10.6 Å². The molecule has 1 aliphatic heterocycles. The first kappa shape index (κ1) is 18.0. The third-order valence-corrected chi connectivity index (χ3v) is 4.47. The summed E-state index contributed by atoms with van der Waals surface area (Å²) in [5, 5.41) is 15.0. The molecule has 7 heteroatoms. The summed E-state index contributed by atoms with van der Waals surface area (Å²) in [5.74, 6) is -0.213. The van der Waals surface area contributed by atoms with E-state index in [1.165, 1.54) is 12.1 Å². The highest BCUT2D eigenvalue weighted by Crippen LogP contribution is 2.21. The third-order valence-electron chi connectivity index (χ3n) is 4.17.